The molecule has 0 spiro atoms. The Labute approximate surface area is 136 Å². The molecule has 7 nitrogen and oxygen atoms in total. The van der Waals surface area contributed by atoms with E-state index in [2.05, 4.69) is 30.1 Å². The average Bonchev–Trinajstić information content (AvgIpc) is 2.62. The molecule has 2 aromatic rings. The van der Waals surface area contributed by atoms with E-state index in [9.17, 15) is 0 Å². The van der Waals surface area contributed by atoms with E-state index >= 15 is 0 Å². The van der Waals surface area contributed by atoms with E-state index in [1.807, 2.05) is 37.5 Å². The van der Waals surface area contributed by atoms with Gasteiger partial charge in [0.05, 0.1) is 6.61 Å². The molecule has 0 amide bonds. The number of nitrogens with zero attached hydrogens (tertiary/aromatic N) is 5. The molecule has 1 aliphatic heterocycles. The van der Waals surface area contributed by atoms with Crippen LogP contribution in [0.15, 0.2) is 30.6 Å². The molecule has 122 valence electrons. The molecule has 0 bridgehead atoms. The Kier molecular flexibility index (Phi) is 4.87. The first-order valence-electron chi connectivity index (χ1n) is 7.87. The van der Waals surface area contributed by atoms with Gasteiger partial charge in [0.2, 0.25) is 5.95 Å². The highest BCUT2D eigenvalue weighted by atomic mass is 16.3. The van der Waals surface area contributed by atoms with Crippen molar-refractivity contribution in [3.8, 4) is 0 Å². The molecule has 1 saturated heterocycles. The third-order valence-corrected chi connectivity index (χ3v) is 3.90. The maximum atomic E-state index is 8.95. The van der Waals surface area contributed by atoms with Crippen molar-refractivity contribution in [3.63, 3.8) is 0 Å². The van der Waals surface area contributed by atoms with Gasteiger partial charge in [0, 0.05) is 50.7 Å². The largest absolute Gasteiger partial charge is 0.395 e. The lowest BCUT2D eigenvalue weighted by Crippen LogP contribution is -2.47. The number of aromatic nitrogens is 3. The summed E-state index contributed by atoms with van der Waals surface area (Å²) in [6.45, 7) is 6.05. The highest BCUT2D eigenvalue weighted by Crippen LogP contribution is 2.18. The molecule has 2 aromatic heterocycles. The highest BCUT2D eigenvalue weighted by molar-refractivity contribution is 5.48. The number of aliphatic hydroxyl groups excluding tert-OH is 1. The Balaban J connectivity index is 1.65. The van der Waals surface area contributed by atoms with Crippen LogP contribution in [-0.2, 0) is 0 Å². The number of hydrogen-bond acceptors (Lipinski definition) is 7. The van der Waals surface area contributed by atoms with Gasteiger partial charge in [-0.05, 0) is 19.1 Å². The van der Waals surface area contributed by atoms with Crippen molar-refractivity contribution >= 4 is 17.6 Å². The zero-order valence-corrected chi connectivity index (χ0v) is 13.3. The second-order valence-corrected chi connectivity index (χ2v) is 5.51. The third-order valence-electron chi connectivity index (χ3n) is 3.90. The molecule has 0 radical (unpaired) electrons. The van der Waals surface area contributed by atoms with Crippen molar-refractivity contribution in [2.45, 2.75) is 6.92 Å². The predicted octanol–water partition coefficient (Wildman–Crippen LogP) is 0.911. The van der Waals surface area contributed by atoms with E-state index in [1.54, 1.807) is 0 Å². The predicted molar refractivity (Wildman–Crippen MR) is 91.0 cm³/mol. The maximum Gasteiger partial charge on any atom is 0.227 e. The molecule has 0 atom stereocenters. The highest BCUT2D eigenvalue weighted by Gasteiger charge is 2.20. The smallest absolute Gasteiger partial charge is 0.227 e. The van der Waals surface area contributed by atoms with Gasteiger partial charge in [-0.1, -0.05) is 6.07 Å². The number of rotatable bonds is 5. The molecule has 0 unspecified atom stereocenters. The minimum atomic E-state index is 0.0848. The summed E-state index contributed by atoms with van der Waals surface area (Å²) in [6, 6.07) is 5.98. The van der Waals surface area contributed by atoms with Gasteiger partial charge in [-0.15, -0.1) is 0 Å². The molecule has 1 fully saturated rings. The standard InChI is InChI=1S/C16H22N6O/c1-13-12-19-16(20-15(13)18-6-11-23)22-9-7-21(8-10-22)14-4-2-3-5-17-14/h2-5,12,23H,6-11H2,1H3,(H,18,19,20). The summed E-state index contributed by atoms with van der Waals surface area (Å²) in [7, 11) is 0. The average molecular weight is 314 g/mol. The number of aryl methyl sites for hydroxylation is 1. The fourth-order valence-corrected chi connectivity index (χ4v) is 2.61. The first-order valence-corrected chi connectivity index (χ1v) is 7.87. The number of nitrogens with one attached hydrogen (secondary N) is 1. The second-order valence-electron chi connectivity index (χ2n) is 5.51. The number of pyridine rings is 1. The van der Waals surface area contributed by atoms with Crippen molar-refractivity contribution in [2.75, 3.05) is 54.4 Å². The number of aliphatic hydroxyl groups is 1. The molecule has 3 rings (SSSR count). The number of hydrogen-bond donors (Lipinski definition) is 2. The molecule has 7 heteroatoms. The van der Waals surface area contributed by atoms with Crippen LogP contribution >= 0.6 is 0 Å². The van der Waals surface area contributed by atoms with Crippen LogP contribution < -0.4 is 15.1 Å². The molecular formula is C16H22N6O. The van der Waals surface area contributed by atoms with Crippen LogP contribution in [0.3, 0.4) is 0 Å². The van der Waals surface area contributed by atoms with E-state index in [0.29, 0.717) is 6.54 Å². The van der Waals surface area contributed by atoms with Crippen LogP contribution in [0.5, 0.6) is 0 Å². The molecule has 2 N–H and O–H groups in total. The van der Waals surface area contributed by atoms with Crippen LogP contribution in [0.1, 0.15) is 5.56 Å². The van der Waals surface area contributed by atoms with Crippen LogP contribution in [0.25, 0.3) is 0 Å². The van der Waals surface area contributed by atoms with E-state index in [1.165, 1.54) is 0 Å². The molecular weight excluding hydrogens is 292 g/mol. The summed E-state index contributed by atoms with van der Waals surface area (Å²) < 4.78 is 0. The maximum absolute atomic E-state index is 8.95. The fraction of sp³-hybridized carbons (Fsp3) is 0.438. The molecule has 0 aliphatic carbocycles. The summed E-state index contributed by atoms with van der Waals surface area (Å²) in [6.07, 6.45) is 3.65. The minimum Gasteiger partial charge on any atom is -0.395 e. The van der Waals surface area contributed by atoms with Gasteiger partial charge in [0.15, 0.2) is 0 Å². The SMILES string of the molecule is Cc1cnc(N2CCN(c3ccccn3)CC2)nc1NCCO. The monoisotopic (exact) mass is 314 g/mol. The lowest BCUT2D eigenvalue weighted by molar-refractivity contribution is 0.311. The van der Waals surface area contributed by atoms with Gasteiger partial charge in [0.1, 0.15) is 11.6 Å². The molecule has 3 heterocycles. The Morgan fingerprint density at radius 1 is 1.13 bits per heavy atom. The Bertz CT molecular complexity index is 628. The van der Waals surface area contributed by atoms with Crippen molar-refractivity contribution < 1.29 is 5.11 Å². The Morgan fingerprint density at radius 3 is 2.61 bits per heavy atom. The quantitative estimate of drug-likeness (QED) is 0.849. The van der Waals surface area contributed by atoms with Crippen LogP contribution in [0, 0.1) is 6.92 Å². The number of anilines is 3. The van der Waals surface area contributed by atoms with Gasteiger partial charge in [0.25, 0.3) is 0 Å². The summed E-state index contributed by atoms with van der Waals surface area (Å²) in [5, 5.41) is 12.1. The summed E-state index contributed by atoms with van der Waals surface area (Å²) >= 11 is 0. The second kappa shape index (κ2) is 7.23. The fourth-order valence-electron chi connectivity index (χ4n) is 2.61. The molecule has 23 heavy (non-hydrogen) atoms. The first kappa shape index (κ1) is 15.5. The topological polar surface area (TPSA) is 77.4 Å². The van der Waals surface area contributed by atoms with Crippen LogP contribution in [-0.4, -0.2) is 59.4 Å². The first-order chi connectivity index (χ1) is 11.3. The summed E-state index contributed by atoms with van der Waals surface area (Å²) in [4.78, 5) is 17.9. The lowest BCUT2D eigenvalue weighted by atomic mass is 10.3. The van der Waals surface area contributed by atoms with Gasteiger partial charge in [-0.3, -0.25) is 0 Å². The molecule has 0 aromatic carbocycles. The summed E-state index contributed by atoms with van der Waals surface area (Å²) in [5.41, 5.74) is 0.981. The van der Waals surface area contributed by atoms with E-state index in [-0.39, 0.29) is 6.61 Å². The van der Waals surface area contributed by atoms with Crippen molar-refractivity contribution in [1.29, 1.82) is 0 Å². The van der Waals surface area contributed by atoms with Crippen molar-refractivity contribution in [3.05, 3.63) is 36.2 Å². The summed E-state index contributed by atoms with van der Waals surface area (Å²) in [5.74, 6) is 2.54. The van der Waals surface area contributed by atoms with Crippen LogP contribution in [0.2, 0.25) is 0 Å². The van der Waals surface area contributed by atoms with Gasteiger partial charge in [-0.2, -0.15) is 4.98 Å². The number of piperazine rings is 1. The molecule has 0 saturated carbocycles. The van der Waals surface area contributed by atoms with E-state index in [4.69, 9.17) is 5.11 Å². The van der Waals surface area contributed by atoms with Crippen LogP contribution in [0.4, 0.5) is 17.6 Å². The minimum absolute atomic E-state index is 0.0848. The van der Waals surface area contributed by atoms with Crippen molar-refractivity contribution in [2.24, 2.45) is 0 Å². The molecule has 1 aliphatic rings. The Morgan fingerprint density at radius 2 is 1.91 bits per heavy atom. The third kappa shape index (κ3) is 3.68. The normalized spacial score (nSPS) is 14.9. The van der Waals surface area contributed by atoms with E-state index < -0.39 is 0 Å². The van der Waals surface area contributed by atoms with Gasteiger partial charge in [-0.25, -0.2) is 9.97 Å². The lowest BCUT2D eigenvalue weighted by Gasteiger charge is -2.35. The Hall–Kier alpha value is -2.41. The zero-order valence-electron chi connectivity index (χ0n) is 13.3. The van der Waals surface area contributed by atoms with Gasteiger partial charge < -0.3 is 20.2 Å². The van der Waals surface area contributed by atoms with Crippen molar-refractivity contribution in [1.82, 2.24) is 15.0 Å². The zero-order chi connectivity index (χ0) is 16.1. The van der Waals surface area contributed by atoms with E-state index in [0.717, 1.165) is 49.3 Å². The van der Waals surface area contributed by atoms with Gasteiger partial charge >= 0.3 is 0 Å².